The van der Waals surface area contributed by atoms with Gasteiger partial charge in [0.15, 0.2) is 0 Å². The van der Waals surface area contributed by atoms with Gasteiger partial charge in [-0.3, -0.25) is 0 Å². The Balaban J connectivity index is 1.82. The molecule has 1 N–H and O–H groups in total. The van der Waals surface area contributed by atoms with Crippen LogP contribution in [0.2, 0.25) is 0 Å². The van der Waals surface area contributed by atoms with Gasteiger partial charge in [-0.25, -0.2) is 9.97 Å². The molecule has 1 aliphatic rings. The van der Waals surface area contributed by atoms with Crippen LogP contribution in [0.15, 0.2) is 36.7 Å². The maximum absolute atomic E-state index is 4.49. The molecule has 106 valence electrons. The maximum Gasteiger partial charge on any atom is 0.142 e. The molecule has 0 radical (unpaired) electrons. The summed E-state index contributed by atoms with van der Waals surface area (Å²) in [6, 6.07) is 10.2. The molecular formula is C17H17N3S. The van der Waals surface area contributed by atoms with Gasteiger partial charge in [-0.15, -0.1) is 11.3 Å². The third kappa shape index (κ3) is 2.29. The molecule has 0 bridgehead atoms. The number of hydrogen-bond acceptors (Lipinski definition) is 4. The van der Waals surface area contributed by atoms with Crippen LogP contribution in [-0.2, 0) is 12.8 Å². The van der Waals surface area contributed by atoms with Crippen molar-refractivity contribution in [3.05, 3.63) is 47.1 Å². The fourth-order valence-corrected chi connectivity index (χ4v) is 4.38. The lowest BCUT2D eigenvalue weighted by atomic mass is 9.89. The van der Waals surface area contributed by atoms with Crippen LogP contribution in [0, 0.1) is 5.92 Å². The van der Waals surface area contributed by atoms with E-state index >= 15 is 0 Å². The summed E-state index contributed by atoms with van der Waals surface area (Å²) < 4.78 is 0. The van der Waals surface area contributed by atoms with Gasteiger partial charge in [-0.2, -0.15) is 0 Å². The molecule has 1 aliphatic carbocycles. The van der Waals surface area contributed by atoms with Crippen molar-refractivity contribution in [3.8, 4) is 0 Å². The molecule has 0 fully saturated rings. The number of para-hydroxylation sites is 1. The molecule has 1 aromatic carbocycles. The normalized spacial score (nSPS) is 17.7. The first-order valence-corrected chi connectivity index (χ1v) is 8.20. The fraction of sp³-hybridized carbons (Fsp3) is 0.294. The monoisotopic (exact) mass is 295 g/mol. The first-order valence-electron chi connectivity index (χ1n) is 7.38. The van der Waals surface area contributed by atoms with Crippen molar-refractivity contribution in [2.45, 2.75) is 26.2 Å². The highest BCUT2D eigenvalue weighted by atomic mass is 32.1. The van der Waals surface area contributed by atoms with E-state index in [0.717, 1.165) is 28.7 Å². The van der Waals surface area contributed by atoms with E-state index < -0.39 is 0 Å². The molecule has 4 heteroatoms. The molecule has 2 heterocycles. The molecule has 0 saturated carbocycles. The number of hydrogen-bond donors (Lipinski definition) is 1. The van der Waals surface area contributed by atoms with E-state index in [2.05, 4.69) is 34.3 Å². The van der Waals surface area contributed by atoms with Gasteiger partial charge in [0.1, 0.15) is 17.0 Å². The largest absolute Gasteiger partial charge is 0.340 e. The van der Waals surface area contributed by atoms with Crippen LogP contribution in [-0.4, -0.2) is 9.97 Å². The summed E-state index contributed by atoms with van der Waals surface area (Å²) in [5.74, 6) is 1.72. The zero-order chi connectivity index (χ0) is 14.2. The fourth-order valence-electron chi connectivity index (χ4n) is 3.03. The number of nitrogens with zero attached hydrogens (tertiary/aromatic N) is 2. The van der Waals surface area contributed by atoms with Crippen molar-refractivity contribution in [3.63, 3.8) is 0 Å². The summed E-state index contributed by atoms with van der Waals surface area (Å²) in [6.07, 6.45) is 5.26. The second-order valence-corrected chi connectivity index (χ2v) is 6.83. The van der Waals surface area contributed by atoms with E-state index in [9.17, 15) is 0 Å². The van der Waals surface area contributed by atoms with Crippen LogP contribution in [0.4, 0.5) is 11.5 Å². The van der Waals surface area contributed by atoms with Crippen molar-refractivity contribution >= 4 is 33.1 Å². The van der Waals surface area contributed by atoms with Crippen LogP contribution in [0.1, 0.15) is 23.8 Å². The van der Waals surface area contributed by atoms with E-state index in [0.29, 0.717) is 0 Å². The molecule has 3 nitrogen and oxygen atoms in total. The van der Waals surface area contributed by atoms with Gasteiger partial charge in [0.2, 0.25) is 0 Å². The molecule has 0 spiro atoms. The third-order valence-electron chi connectivity index (χ3n) is 4.13. The highest BCUT2D eigenvalue weighted by Gasteiger charge is 2.22. The van der Waals surface area contributed by atoms with Gasteiger partial charge in [-0.1, -0.05) is 25.1 Å². The van der Waals surface area contributed by atoms with Gasteiger partial charge in [0, 0.05) is 10.6 Å². The van der Waals surface area contributed by atoms with Crippen LogP contribution in [0.5, 0.6) is 0 Å². The Morgan fingerprint density at radius 2 is 2.05 bits per heavy atom. The van der Waals surface area contributed by atoms with Crippen molar-refractivity contribution in [2.75, 3.05) is 5.32 Å². The number of benzene rings is 1. The zero-order valence-corrected chi connectivity index (χ0v) is 12.8. The minimum absolute atomic E-state index is 0.782. The molecule has 21 heavy (non-hydrogen) atoms. The number of anilines is 2. The molecule has 2 aromatic heterocycles. The van der Waals surface area contributed by atoms with Gasteiger partial charge < -0.3 is 5.32 Å². The Morgan fingerprint density at radius 3 is 2.90 bits per heavy atom. The molecule has 1 atom stereocenters. The predicted octanol–water partition coefficient (Wildman–Crippen LogP) is 4.56. The van der Waals surface area contributed by atoms with Crippen molar-refractivity contribution in [2.24, 2.45) is 5.92 Å². The van der Waals surface area contributed by atoms with E-state index in [1.54, 1.807) is 6.33 Å². The smallest absolute Gasteiger partial charge is 0.142 e. The Morgan fingerprint density at radius 1 is 1.19 bits per heavy atom. The number of fused-ring (bicyclic) bond motifs is 3. The predicted molar refractivity (Wildman–Crippen MR) is 88.3 cm³/mol. The van der Waals surface area contributed by atoms with Crippen molar-refractivity contribution < 1.29 is 0 Å². The zero-order valence-electron chi connectivity index (χ0n) is 12.0. The second-order valence-electron chi connectivity index (χ2n) is 5.75. The maximum atomic E-state index is 4.49. The molecule has 0 aliphatic heterocycles. The Labute approximate surface area is 128 Å². The van der Waals surface area contributed by atoms with E-state index in [-0.39, 0.29) is 0 Å². The minimum Gasteiger partial charge on any atom is -0.340 e. The number of nitrogens with one attached hydrogen (secondary N) is 1. The number of aryl methyl sites for hydroxylation is 1. The molecule has 0 amide bonds. The molecule has 0 saturated heterocycles. The first kappa shape index (κ1) is 12.8. The van der Waals surface area contributed by atoms with Crippen molar-refractivity contribution in [1.82, 2.24) is 9.97 Å². The lowest BCUT2D eigenvalue weighted by molar-refractivity contribution is 0.509. The van der Waals surface area contributed by atoms with E-state index in [1.165, 1.54) is 28.7 Å². The second kappa shape index (κ2) is 5.11. The topological polar surface area (TPSA) is 37.8 Å². The third-order valence-corrected chi connectivity index (χ3v) is 5.29. The van der Waals surface area contributed by atoms with Crippen LogP contribution >= 0.6 is 11.3 Å². The number of thiophene rings is 1. The quantitative estimate of drug-likeness (QED) is 0.753. The average molecular weight is 295 g/mol. The van der Waals surface area contributed by atoms with Gasteiger partial charge in [0.25, 0.3) is 0 Å². The van der Waals surface area contributed by atoms with Gasteiger partial charge >= 0.3 is 0 Å². The standard InChI is InChI=1S/C17H17N3S/c1-11-7-8-13-14(9-11)21-17-15(13)16(18-10-19-17)20-12-5-3-2-4-6-12/h2-6,10-11H,7-9H2,1H3,(H,18,19,20). The number of aromatic nitrogens is 2. The SMILES string of the molecule is CC1CCc2c(sc3ncnc(Nc4ccccc4)c23)C1. The van der Waals surface area contributed by atoms with Gasteiger partial charge in [-0.05, 0) is 42.9 Å². The van der Waals surface area contributed by atoms with Crippen molar-refractivity contribution in [1.29, 1.82) is 0 Å². The Bertz CT molecular complexity index is 779. The molecule has 1 unspecified atom stereocenters. The summed E-state index contributed by atoms with van der Waals surface area (Å²) >= 11 is 1.84. The molecule has 3 aromatic rings. The lowest BCUT2D eigenvalue weighted by Crippen LogP contribution is -2.09. The Kier molecular flexibility index (Phi) is 3.11. The highest BCUT2D eigenvalue weighted by Crippen LogP contribution is 2.40. The summed E-state index contributed by atoms with van der Waals surface area (Å²) in [5, 5.41) is 4.68. The summed E-state index contributed by atoms with van der Waals surface area (Å²) in [4.78, 5) is 11.6. The van der Waals surface area contributed by atoms with Gasteiger partial charge in [0.05, 0.1) is 5.39 Å². The Hall–Kier alpha value is -1.94. The first-order chi connectivity index (χ1) is 10.3. The molecule has 4 rings (SSSR count). The summed E-state index contributed by atoms with van der Waals surface area (Å²) in [6.45, 7) is 2.34. The number of rotatable bonds is 2. The summed E-state index contributed by atoms with van der Waals surface area (Å²) in [5.41, 5.74) is 2.54. The van der Waals surface area contributed by atoms with E-state index in [1.807, 2.05) is 29.5 Å². The summed E-state index contributed by atoms with van der Waals surface area (Å²) in [7, 11) is 0. The van der Waals surface area contributed by atoms with Crippen LogP contribution in [0.25, 0.3) is 10.2 Å². The molecular weight excluding hydrogens is 278 g/mol. The van der Waals surface area contributed by atoms with Crippen LogP contribution in [0.3, 0.4) is 0 Å². The lowest BCUT2D eigenvalue weighted by Gasteiger charge is -2.18. The average Bonchev–Trinajstić information content (AvgIpc) is 2.86. The minimum atomic E-state index is 0.782. The highest BCUT2D eigenvalue weighted by molar-refractivity contribution is 7.19. The van der Waals surface area contributed by atoms with E-state index in [4.69, 9.17) is 0 Å². The van der Waals surface area contributed by atoms with Crippen LogP contribution < -0.4 is 5.32 Å².